The molecule has 1 amide bonds. The maximum atomic E-state index is 12.6. The number of carboxylic acids is 1. The molecule has 0 saturated carbocycles. The van der Waals surface area contributed by atoms with Crippen LogP contribution in [-0.2, 0) is 9.59 Å². The number of benzene rings is 1. The van der Waals surface area contributed by atoms with E-state index in [1.54, 1.807) is 13.0 Å². The number of carboxylic acid groups (broad SMARTS) is 1. The van der Waals surface area contributed by atoms with E-state index in [9.17, 15) is 14.7 Å². The lowest BCUT2D eigenvalue weighted by atomic mass is 9.95. The SMILES string of the molecule is C/C=N\N1C(C(=O)NCC(=O)O)=C(O)c2ccc(N3CCCCC3)cc2/C1=C\C. The van der Waals surface area contributed by atoms with E-state index in [0.29, 0.717) is 11.3 Å². The number of piperidine rings is 1. The van der Waals surface area contributed by atoms with Gasteiger partial charge in [0.1, 0.15) is 6.54 Å². The molecule has 0 unspecified atom stereocenters. The third kappa shape index (κ3) is 4.11. The number of amides is 1. The summed E-state index contributed by atoms with van der Waals surface area (Å²) in [5.74, 6) is -2.11. The first-order chi connectivity index (χ1) is 14.0. The smallest absolute Gasteiger partial charge is 0.322 e. The first kappa shape index (κ1) is 20.4. The summed E-state index contributed by atoms with van der Waals surface area (Å²) in [4.78, 5) is 25.8. The van der Waals surface area contributed by atoms with Gasteiger partial charge in [0.2, 0.25) is 0 Å². The maximum Gasteiger partial charge on any atom is 0.322 e. The zero-order valence-electron chi connectivity index (χ0n) is 16.7. The van der Waals surface area contributed by atoms with Crippen molar-refractivity contribution in [1.82, 2.24) is 10.3 Å². The number of anilines is 1. The van der Waals surface area contributed by atoms with Gasteiger partial charge in [-0.05, 0) is 51.3 Å². The molecule has 1 aromatic rings. The van der Waals surface area contributed by atoms with Gasteiger partial charge in [-0.2, -0.15) is 5.10 Å². The van der Waals surface area contributed by atoms with E-state index in [0.717, 1.165) is 37.2 Å². The molecule has 0 atom stereocenters. The molecule has 0 aliphatic carbocycles. The second kappa shape index (κ2) is 8.81. The third-order valence-electron chi connectivity index (χ3n) is 5.04. The third-order valence-corrected chi connectivity index (χ3v) is 5.04. The zero-order valence-corrected chi connectivity index (χ0v) is 16.7. The number of hydrazone groups is 1. The van der Waals surface area contributed by atoms with E-state index < -0.39 is 18.4 Å². The molecule has 29 heavy (non-hydrogen) atoms. The number of hydrogen-bond acceptors (Lipinski definition) is 6. The lowest BCUT2D eigenvalue weighted by molar-refractivity contribution is -0.137. The number of nitrogens with one attached hydrogen (secondary N) is 1. The standard InChI is InChI=1S/C21H26N4O4/c1-3-17-16-12-14(24-10-6-5-7-11-24)8-9-15(16)20(28)19(25(17)23-4-2)21(29)22-13-18(26)27/h3-4,8-9,12,28H,5-7,10-11,13H2,1-2H3,(H,22,29)(H,26,27)/b17-3+,23-4-. The Morgan fingerprint density at radius 3 is 2.52 bits per heavy atom. The number of fused-ring (bicyclic) bond motifs is 1. The molecule has 8 nitrogen and oxygen atoms in total. The molecule has 154 valence electrons. The van der Waals surface area contributed by atoms with Crippen LogP contribution in [0.1, 0.15) is 44.2 Å². The van der Waals surface area contributed by atoms with E-state index in [2.05, 4.69) is 15.3 Å². The molecule has 2 heterocycles. The molecule has 1 saturated heterocycles. The summed E-state index contributed by atoms with van der Waals surface area (Å²) in [7, 11) is 0. The molecule has 2 aliphatic heterocycles. The van der Waals surface area contributed by atoms with Gasteiger partial charge in [-0.3, -0.25) is 9.59 Å². The number of rotatable bonds is 5. The van der Waals surface area contributed by atoms with Crippen LogP contribution >= 0.6 is 0 Å². The van der Waals surface area contributed by atoms with E-state index in [1.165, 1.54) is 17.6 Å². The van der Waals surface area contributed by atoms with Crippen LogP contribution in [0.2, 0.25) is 0 Å². The van der Waals surface area contributed by atoms with Gasteiger partial charge in [0.15, 0.2) is 11.5 Å². The first-order valence-corrected chi connectivity index (χ1v) is 9.76. The fraction of sp³-hybridized carbons (Fsp3) is 0.381. The van der Waals surface area contributed by atoms with Gasteiger partial charge in [-0.25, -0.2) is 5.01 Å². The Bertz CT molecular complexity index is 898. The van der Waals surface area contributed by atoms with Crippen LogP contribution in [-0.4, -0.2) is 52.9 Å². The number of carbonyl (C=O) groups excluding carboxylic acids is 1. The molecule has 3 N–H and O–H groups in total. The van der Waals surface area contributed by atoms with Crippen LogP contribution in [0.3, 0.4) is 0 Å². The predicted molar refractivity (Wildman–Crippen MR) is 112 cm³/mol. The Morgan fingerprint density at radius 2 is 1.90 bits per heavy atom. The summed E-state index contributed by atoms with van der Waals surface area (Å²) < 4.78 is 0. The average molecular weight is 398 g/mol. The monoisotopic (exact) mass is 398 g/mol. The number of aliphatic hydroxyl groups is 1. The van der Waals surface area contributed by atoms with Gasteiger partial charge in [0, 0.05) is 36.1 Å². The summed E-state index contributed by atoms with van der Waals surface area (Å²) in [6.07, 6.45) is 6.88. The molecular formula is C21H26N4O4. The highest BCUT2D eigenvalue weighted by atomic mass is 16.4. The average Bonchev–Trinajstić information content (AvgIpc) is 2.73. The quantitative estimate of drug-likeness (QED) is 0.659. The van der Waals surface area contributed by atoms with Gasteiger partial charge < -0.3 is 20.4 Å². The summed E-state index contributed by atoms with van der Waals surface area (Å²) >= 11 is 0. The Hall–Kier alpha value is -3.29. The topological polar surface area (TPSA) is 105 Å². The van der Waals surface area contributed by atoms with Crippen LogP contribution in [0.25, 0.3) is 11.5 Å². The van der Waals surface area contributed by atoms with E-state index >= 15 is 0 Å². The van der Waals surface area contributed by atoms with Crippen molar-refractivity contribution in [3.05, 3.63) is 41.1 Å². The van der Waals surface area contributed by atoms with Crippen molar-refractivity contribution in [2.45, 2.75) is 33.1 Å². The van der Waals surface area contributed by atoms with Crippen molar-refractivity contribution < 1.29 is 19.8 Å². The van der Waals surface area contributed by atoms with Crippen molar-refractivity contribution in [2.24, 2.45) is 5.10 Å². The Kier molecular flexibility index (Phi) is 6.21. The highest BCUT2D eigenvalue weighted by Gasteiger charge is 2.33. The summed E-state index contributed by atoms with van der Waals surface area (Å²) in [6, 6.07) is 5.76. The van der Waals surface area contributed by atoms with Gasteiger partial charge in [0.25, 0.3) is 5.91 Å². The number of nitrogens with zero attached hydrogens (tertiary/aromatic N) is 3. The van der Waals surface area contributed by atoms with Crippen LogP contribution < -0.4 is 10.2 Å². The highest BCUT2D eigenvalue weighted by Crippen LogP contribution is 2.39. The highest BCUT2D eigenvalue weighted by molar-refractivity contribution is 6.04. The van der Waals surface area contributed by atoms with E-state index in [-0.39, 0.29) is 11.5 Å². The van der Waals surface area contributed by atoms with Crippen molar-refractivity contribution >= 4 is 35.2 Å². The molecule has 0 spiro atoms. The molecule has 2 aliphatic rings. The number of allylic oxidation sites excluding steroid dienone is 1. The van der Waals surface area contributed by atoms with Gasteiger partial charge >= 0.3 is 5.97 Å². The summed E-state index contributed by atoms with van der Waals surface area (Å²) in [5, 5.41) is 27.7. The van der Waals surface area contributed by atoms with Crippen molar-refractivity contribution in [3.63, 3.8) is 0 Å². The Morgan fingerprint density at radius 1 is 1.17 bits per heavy atom. The maximum absolute atomic E-state index is 12.6. The second-order valence-corrected chi connectivity index (χ2v) is 6.91. The second-order valence-electron chi connectivity index (χ2n) is 6.91. The largest absolute Gasteiger partial charge is 0.505 e. The lowest BCUT2D eigenvalue weighted by Gasteiger charge is -2.33. The molecule has 8 heteroatoms. The summed E-state index contributed by atoms with van der Waals surface area (Å²) in [5.41, 5.74) is 2.90. The van der Waals surface area contributed by atoms with Crippen LogP contribution in [0.4, 0.5) is 5.69 Å². The van der Waals surface area contributed by atoms with Gasteiger partial charge in [-0.15, -0.1) is 0 Å². The number of aliphatic carboxylic acids is 1. The first-order valence-electron chi connectivity index (χ1n) is 9.76. The van der Waals surface area contributed by atoms with Crippen molar-refractivity contribution in [3.8, 4) is 0 Å². The molecule has 1 aromatic carbocycles. The Labute approximate surface area is 169 Å². The minimum Gasteiger partial charge on any atom is -0.505 e. The number of hydrogen-bond donors (Lipinski definition) is 3. The van der Waals surface area contributed by atoms with Crippen molar-refractivity contribution in [2.75, 3.05) is 24.5 Å². The van der Waals surface area contributed by atoms with Gasteiger partial charge in [0.05, 0.1) is 5.70 Å². The normalized spacial score (nSPS) is 18.3. The lowest BCUT2D eigenvalue weighted by Crippen LogP contribution is -2.37. The number of aliphatic hydroxyl groups excluding tert-OH is 1. The summed E-state index contributed by atoms with van der Waals surface area (Å²) in [6.45, 7) is 4.97. The predicted octanol–water partition coefficient (Wildman–Crippen LogP) is 2.79. The Balaban J connectivity index is 2.08. The fourth-order valence-electron chi connectivity index (χ4n) is 3.72. The van der Waals surface area contributed by atoms with Gasteiger partial charge in [-0.1, -0.05) is 6.08 Å². The van der Waals surface area contributed by atoms with Crippen LogP contribution in [0.15, 0.2) is 35.1 Å². The van der Waals surface area contributed by atoms with E-state index in [4.69, 9.17) is 5.11 Å². The molecule has 0 bridgehead atoms. The van der Waals surface area contributed by atoms with Crippen molar-refractivity contribution in [1.29, 1.82) is 0 Å². The molecule has 0 aromatic heterocycles. The molecule has 0 radical (unpaired) electrons. The number of carbonyl (C=O) groups is 2. The molecular weight excluding hydrogens is 372 g/mol. The minimum atomic E-state index is -1.17. The molecule has 3 rings (SSSR count). The fourth-order valence-corrected chi connectivity index (χ4v) is 3.72. The molecule has 1 fully saturated rings. The minimum absolute atomic E-state index is 0.101. The van der Waals surface area contributed by atoms with E-state index in [1.807, 2.05) is 25.1 Å². The van der Waals surface area contributed by atoms with Crippen LogP contribution in [0.5, 0.6) is 0 Å². The zero-order chi connectivity index (χ0) is 21.0. The van der Waals surface area contributed by atoms with Crippen LogP contribution in [0, 0.1) is 0 Å².